The molecule has 1 amide bonds. The third kappa shape index (κ3) is 4.24. The summed E-state index contributed by atoms with van der Waals surface area (Å²) >= 11 is 0. The summed E-state index contributed by atoms with van der Waals surface area (Å²) in [6.07, 6.45) is 0. The molecule has 2 aliphatic rings. The Morgan fingerprint density at radius 2 is 1.61 bits per heavy atom. The molecule has 10 heteroatoms. The lowest BCUT2D eigenvalue weighted by molar-refractivity contribution is -0.137. The highest BCUT2D eigenvalue weighted by atomic mass is 32.2. The van der Waals surface area contributed by atoms with Gasteiger partial charge in [-0.15, -0.1) is 0 Å². The number of carbonyl (C=O) groups excluding carboxylic acids is 1. The molecule has 2 fully saturated rings. The van der Waals surface area contributed by atoms with E-state index in [9.17, 15) is 13.2 Å². The smallest absolute Gasteiger partial charge is 0.282 e. The predicted molar refractivity (Wildman–Crippen MR) is 105 cm³/mol. The molecule has 3 heterocycles. The SMILES string of the molecule is Cc1cc(C)n([C@H](C(=O)N2CCN(S(=O)(=O)N3CCOCC3)CC2)C(C)C)n1. The zero-order chi connectivity index (χ0) is 20.5. The van der Waals surface area contributed by atoms with Crippen LogP contribution >= 0.6 is 0 Å². The number of amides is 1. The van der Waals surface area contributed by atoms with Crippen LogP contribution in [0.15, 0.2) is 6.07 Å². The normalized spacial score (nSPS) is 21.2. The Morgan fingerprint density at radius 1 is 1.04 bits per heavy atom. The van der Waals surface area contributed by atoms with Gasteiger partial charge in [-0.3, -0.25) is 9.48 Å². The average Bonchev–Trinajstić information content (AvgIpc) is 3.00. The van der Waals surface area contributed by atoms with E-state index in [1.807, 2.05) is 33.8 Å². The van der Waals surface area contributed by atoms with Gasteiger partial charge in [-0.25, -0.2) is 0 Å². The van der Waals surface area contributed by atoms with Crippen molar-refractivity contribution in [3.8, 4) is 0 Å². The number of aromatic nitrogens is 2. The fourth-order valence-electron chi connectivity index (χ4n) is 3.87. The first kappa shape index (κ1) is 21.2. The molecule has 0 saturated carbocycles. The zero-order valence-corrected chi connectivity index (χ0v) is 18.0. The van der Waals surface area contributed by atoms with E-state index >= 15 is 0 Å². The van der Waals surface area contributed by atoms with Crippen molar-refractivity contribution in [3.63, 3.8) is 0 Å². The summed E-state index contributed by atoms with van der Waals surface area (Å²) in [6.45, 7) is 10.9. The molecule has 158 valence electrons. The number of nitrogens with zero attached hydrogens (tertiary/aromatic N) is 5. The Morgan fingerprint density at radius 3 is 2.11 bits per heavy atom. The van der Waals surface area contributed by atoms with Gasteiger partial charge in [-0.05, 0) is 25.8 Å². The minimum Gasteiger partial charge on any atom is -0.379 e. The highest BCUT2D eigenvalue weighted by molar-refractivity contribution is 7.86. The van der Waals surface area contributed by atoms with Crippen LogP contribution in [0.1, 0.15) is 31.3 Å². The van der Waals surface area contributed by atoms with Gasteiger partial charge in [0.15, 0.2) is 0 Å². The first-order valence-corrected chi connectivity index (χ1v) is 11.3. The van der Waals surface area contributed by atoms with Gasteiger partial charge in [0.2, 0.25) is 5.91 Å². The van der Waals surface area contributed by atoms with E-state index in [1.54, 1.807) is 9.58 Å². The lowest BCUT2D eigenvalue weighted by Crippen LogP contribution is -2.56. The standard InChI is InChI=1S/C18H31N5O4S/c1-14(2)17(23-16(4)13-15(3)19-23)18(24)20-5-7-21(8-6-20)28(25,26)22-9-11-27-12-10-22/h13-14,17H,5-12H2,1-4H3/t17-/m0/s1. The molecule has 1 aromatic heterocycles. The van der Waals surface area contributed by atoms with Crippen molar-refractivity contribution in [2.24, 2.45) is 5.92 Å². The summed E-state index contributed by atoms with van der Waals surface area (Å²) in [6, 6.07) is 1.59. The molecule has 0 unspecified atom stereocenters. The highest BCUT2D eigenvalue weighted by Crippen LogP contribution is 2.24. The van der Waals surface area contributed by atoms with E-state index in [0.717, 1.165) is 11.4 Å². The van der Waals surface area contributed by atoms with Gasteiger partial charge in [0.05, 0.1) is 18.9 Å². The maximum Gasteiger partial charge on any atom is 0.282 e. The Labute approximate surface area is 167 Å². The number of hydrogen-bond donors (Lipinski definition) is 0. The highest BCUT2D eigenvalue weighted by Gasteiger charge is 2.37. The summed E-state index contributed by atoms with van der Waals surface area (Å²) in [4.78, 5) is 15.0. The summed E-state index contributed by atoms with van der Waals surface area (Å²) in [5.41, 5.74) is 1.84. The van der Waals surface area contributed by atoms with Crippen LogP contribution in [0.25, 0.3) is 0 Å². The second kappa shape index (κ2) is 8.48. The molecule has 2 saturated heterocycles. The molecule has 0 bridgehead atoms. The summed E-state index contributed by atoms with van der Waals surface area (Å²) < 4.78 is 35.6. The Kier molecular flexibility index (Phi) is 6.43. The molecular formula is C18H31N5O4S. The van der Waals surface area contributed by atoms with Crippen LogP contribution in [-0.2, 0) is 19.7 Å². The number of aryl methyl sites for hydroxylation is 2. The van der Waals surface area contributed by atoms with Crippen molar-refractivity contribution >= 4 is 16.1 Å². The lowest BCUT2D eigenvalue weighted by Gasteiger charge is -2.39. The molecule has 28 heavy (non-hydrogen) atoms. The monoisotopic (exact) mass is 413 g/mol. The van der Waals surface area contributed by atoms with E-state index < -0.39 is 10.2 Å². The van der Waals surface area contributed by atoms with Crippen molar-refractivity contribution in [1.82, 2.24) is 23.3 Å². The minimum absolute atomic E-state index is 0.00428. The van der Waals surface area contributed by atoms with Gasteiger partial charge >= 0.3 is 0 Å². The molecule has 1 aromatic rings. The first-order valence-electron chi connectivity index (χ1n) is 9.86. The second-order valence-corrected chi connectivity index (χ2v) is 9.73. The molecule has 0 N–H and O–H groups in total. The minimum atomic E-state index is -3.50. The van der Waals surface area contributed by atoms with E-state index in [4.69, 9.17) is 4.74 Å². The van der Waals surface area contributed by atoms with Gasteiger partial charge in [-0.2, -0.15) is 22.1 Å². The number of piperazine rings is 1. The van der Waals surface area contributed by atoms with Crippen LogP contribution in [-0.4, -0.2) is 90.1 Å². The van der Waals surface area contributed by atoms with Gasteiger partial charge in [0.25, 0.3) is 10.2 Å². The molecule has 0 spiro atoms. The maximum atomic E-state index is 13.2. The van der Waals surface area contributed by atoms with Crippen LogP contribution in [0.2, 0.25) is 0 Å². The van der Waals surface area contributed by atoms with Crippen LogP contribution in [0.3, 0.4) is 0 Å². The Balaban J connectivity index is 1.67. The molecule has 0 aliphatic carbocycles. The van der Waals surface area contributed by atoms with Gasteiger partial charge in [-0.1, -0.05) is 13.8 Å². The third-order valence-corrected chi connectivity index (χ3v) is 7.40. The number of morpholine rings is 1. The van der Waals surface area contributed by atoms with Crippen molar-refractivity contribution in [2.75, 3.05) is 52.5 Å². The lowest BCUT2D eigenvalue weighted by atomic mass is 10.0. The second-order valence-electron chi connectivity index (χ2n) is 7.80. The Hall–Kier alpha value is -1.49. The first-order chi connectivity index (χ1) is 13.2. The summed E-state index contributed by atoms with van der Waals surface area (Å²) in [5, 5.41) is 4.51. The van der Waals surface area contributed by atoms with Crippen LogP contribution in [0.5, 0.6) is 0 Å². The van der Waals surface area contributed by atoms with Gasteiger partial charge in [0.1, 0.15) is 6.04 Å². The summed E-state index contributed by atoms with van der Waals surface area (Å²) in [7, 11) is -3.50. The average molecular weight is 414 g/mol. The fraction of sp³-hybridized carbons (Fsp3) is 0.778. The maximum absolute atomic E-state index is 13.2. The quantitative estimate of drug-likeness (QED) is 0.698. The summed E-state index contributed by atoms with van der Waals surface area (Å²) in [5.74, 6) is 0.0882. The molecule has 3 rings (SSSR count). The van der Waals surface area contributed by atoms with Gasteiger partial charge in [0, 0.05) is 45.0 Å². The van der Waals surface area contributed by atoms with E-state index in [1.165, 1.54) is 8.61 Å². The Bertz CT molecular complexity index is 793. The zero-order valence-electron chi connectivity index (χ0n) is 17.2. The number of hydrogen-bond acceptors (Lipinski definition) is 5. The van der Waals surface area contributed by atoms with E-state index in [2.05, 4.69) is 5.10 Å². The van der Waals surface area contributed by atoms with Crippen LogP contribution < -0.4 is 0 Å². The molecular weight excluding hydrogens is 382 g/mol. The molecule has 0 radical (unpaired) electrons. The van der Waals surface area contributed by atoms with Crippen molar-refractivity contribution < 1.29 is 17.9 Å². The van der Waals surface area contributed by atoms with Crippen molar-refractivity contribution in [2.45, 2.75) is 33.7 Å². The van der Waals surface area contributed by atoms with Gasteiger partial charge < -0.3 is 9.64 Å². The molecule has 9 nitrogen and oxygen atoms in total. The van der Waals surface area contributed by atoms with Crippen molar-refractivity contribution in [1.29, 1.82) is 0 Å². The molecule has 2 aliphatic heterocycles. The molecule has 0 aromatic carbocycles. The number of carbonyl (C=O) groups is 1. The number of rotatable bonds is 5. The number of ether oxygens (including phenoxy) is 1. The predicted octanol–water partition coefficient (Wildman–Crippen LogP) is 0.418. The largest absolute Gasteiger partial charge is 0.379 e. The fourth-order valence-corrected chi connectivity index (χ4v) is 5.43. The van der Waals surface area contributed by atoms with E-state index in [-0.39, 0.29) is 17.9 Å². The van der Waals surface area contributed by atoms with Crippen molar-refractivity contribution in [3.05, 3.63) is 17.5 Å². The van der Waals surface area contributed by atoms with Crippen LogP contribution in [0.4, 0.5) is 0 Å². The topological polar surface area (TPSA) is 88.0 Å². The van der Waals surface area contributed by atoms with E-state index in [0.29, 0.717) is 52.5 Å². The third-order valence-electron chi connectivity index (χ3n) is 5.37. The van der Waals surface area contributed by atoms with Crippen LogP contribution in [0, 0.1) is 19.8 Å². The molecule has 1 atom stereocenters.